The molecule has 1 aliphatic heterocycles. The standard InChI is InChI=1S/C25H25F2N5O3/c1-15(32-10-3-2-7-23(32)33)14-35-21-11-22-29-19(16-8-9-16)12-31(22)13-20(21)30-25(34)18-6-4-5-17(28-18)24(26)27/h2-7,10-13,15-16,23-24,33H,8-9,14H2,1H3,(H,30,34)/t15-,23?/m0/s1. The van der Waals surface area contributed by atoms with Crippen molar-refractivity contribution in [2.75, 3.05) is 11.9 Å². The van der Waals surface area contributed by atoms with Crippen molar-refractivity contribution < 1.29 is 23.4 Å². The molecule has 2 aliphatic rings. The third-order valence-corrected chi connectivity index (χ3v) is 5.99. The molecule has 10 heteroatoms. The summed E-state index contributed by atoms with van der Waals surface area (Å²) in [6, 6.07) is 5.47. The zero-order chi connectivity index (χ0) is 24.5. The van der Waals surface area contributed by atoms with Crippen LogP contribution in [0, 0.1) is 0 Å². The molecular weight excluding hydrogens is 456 g/mol. The van der Waals surface area contributed by atoms with Gasteiger partial charge in [0.25, 0.3) is 12.3 Å². The number of carbonyl (C=O) groups is 1. The van der Waals surface area contributed by atoms with Crippen LogP contribution >= 0.6 is 0 Å². The van der Waals surface area contributed by atoms with Crippen LogP contribution in [0.2, 0.25) is 0 Å². The van der Waals surface area contributed by atoms with Crippen LogP contribution in [0.1, 0.15) is 54.0 Å². The minimum atomic E-state index is -2.78. The van der Waals surface area contributed by atoms with E-state index in [2.05, 4.69) is 15.3 Å². The molecule has 182 valence electrons. The number of aromatic nitrogens is 3. The number of allylic oxidation sites excluding steroid dienone is 2. The fourth-order valence-electron chi connectivity index (χ4n) is 3.91. The first-order chi connectivity index (χ1) is 16.9. The number of anilines is 1. The SMILES string of the molecule is C[C@@H](COc1cc2nc(C3CC3)cn2cc1NC(=O)c1cccc(C(F)F)n1)N1C=CC=CC1O. The van der Waals surface area contributed by atoms with Crippen LogP contribution in [0.3, 0.4) is 0 Å². The summed E-state index contributed by atoms with van der Waals surface area (Å²) in [6.45, 7) is 2.12. The van der Waals surface area contributed by atoms with Gasteiger partial charge in [-0.2, -0.15) is 0 Å². The molecule has 1 saturated carbocycles. The number of hydrogen-bond acceptors (Lipinski definition) is 6. The number of fused-ring (bicyclic) bond motifs is 1. The van der Waals surface area contributed by atoms with E-state index in [1.165, 1.54) is 18.2 Å². The lowest BCUT2D eigenvalue weighted by molar-refractivity contribution is 0.0361. The van der Waals surface area contributed by atoms with Crippen molar-refractivity contribution in [1.82, 2.24) is 19.3 Å². The molecule has 2 N–H and O–H groups in total. The molecular formula is C25H25F2N5O3. The Labute approximate surface area is 200 Å². The average molecular weight is 482 g/mol. The Kier molecular flexibility index (Phi) is 6.21. The quantitative estimate of drug-likeness (QED) is 0.499. The molecule has 3 aromatic heterocycles. The smallest absolute Gasteiger partial charge is 0.280 e. The van der Waals surface area contributed by atoms with Crippen LogP contribution in [-0.2, 0) is 0 Å². The topological polar surface area (TPSA) is 92.0 Å². The van der Waals surface area contributed by atoms with Gasteiger partial charge in [0.2, 0.25) is 0 Å². The number of alkyl halides is 2. The number of amides is 1. The number of nitrogens with one attached hydrogen (secondary N) is 1. The van der Waals surface area contributed by atoms with Crippen LogP contribution < -0.4 is 10.1 Å². The van der Waals surface area contributed by atoms with Gasteiger partial charge >= 0.3 is 0 Å². The predicted molar refractivity (Wildman–Crippen MR) is 125 cm³/mol. The minimum Gasteiger partial charge on any atom is -0.489 e. The largest absolute Gasteiger partial charge is 0.489 e. The fraction of sp³-hybridized carbons (Fsp3) is 0.320. The Morgan fingerprint density at radius 2 is 2.09 bits per heavy atom. The zero-order valence-corrected chi connectivity index (χ0v) is 19.0. The van der Waals surface area contributed by atoms with E-state index < -0.39 is 24.3 Å². The van der Waals surface area contributed by atoms with Gasteiger partial charge in [-0.15, -0.1) is 0 Å². The van der Waals surface area contributed by atoms with E-state index in [1.54, 1.807) is 35.5 Å². The van der Waals surface area contributed by atoms with E-state index in [9.17, 15) is 18.7 Å². The predicted octanol–water partition coefficient (Wildman–Crippen LogP) is 4.27. The van der Waals surface area contributed by atoms with Gasteiger partial charge in [-0.1, -0.05) is 12.1 Å². The number of rotatable bonds is 8. The molecule has 4 heterocycles. The van der Waals surface area contributed by atoms with Crippen LogP contribution in [0.25, 0.3) is 5.65 Å². The highest BCUT2D eigenvalue weighted by atomic mass is 19.3. The first kappa shape index (κ1) is 23.0. The van der Waals surface area contributed by atoms with Crippen molar-refractivity contribution in [1.29, 1.82) is 0 Å². The maximum absolute atomic E-state index is 13.1. The number of ether oxygens (including phenoxy) is 1. The maximum atomic E-state index is 13.1. The van der Waals surface area contributed by atoms with Gasteiger partial charge in [-0.25, -0.2) is 18.7 Å². The summed E-state index contributed by atoms with van der Waals surface area (Å²) in [5, 5.41) is 12.9. The van der Waals surface area contributed by atoms with Crippen LogP contribution in [-0.4, -0.2) is 49.2 Å². The number of halogens is 2. The lowest BCUT2D eigenvalue weighted by Crippen LogP contribution is -2.40. The van der Waals surface area contributed by atoms with Gasteiger partial charge in [-0.3, -0.25) is 4.79 Å². The molecule has 0 spiro atoms. The summed E-state index contributed by atoms with van der Waals surface area (Å²) in [5.41, 5.74) is 1.41. The van der Waals surface area contributed by atoms with Gasteiger partial charge in [0, 0.05) is 30.6 Å². The van der Waals surface area contributed by atoms with Gasteiger partial charge in [0.15, 0.2) is 0 Å². The molecule has 0 bridgehead atoms. The Hall–Kier alpha value is -3.79. The van der Waals surface area contributed by atoms with E-state index in [-0.39, 0.29) is 18.3 Å². The summed E-state index contributed by atoms with van der Waals surface area (Å²) < 4.78 is 34.0. The molecule has 1 aliphatic carbocycles. The van der Waals surface area contributed by atoms with Gasteiger partial charge in [0.05, 0.1) is 11.7 Å². The average Bonchev–Trinajstić information content (AvgIpc) is 3.62. The van der Waals surface area contributed by atoms with Crippen molar-refractivity contribution in [3.05, 3.63) is 78.2 Å². The Balaban J connectivity index is 1.41. The van der Waals surface area contributed by atoms with Crippen molar-refractivity contribution in [3.8, 4) is 5.75 Å². The molecule has 0 aromatic carbocycles. The highest BCUT2D eigenvalue weighted by Gasteiger charge is 2.27. The maximum Gasteiger partial charge on any atom is 0.280 e. The number of aliphatic hydroxyl groups excluding tert-OH is 1. The van der Waals surface area contributed by atoms with Gasteiger partial charge in [0.1, 0.15) is 41.3 Å². The summed E-state index contributed by atoms with van der Waals surface area (Å²) in [4.78, 5) is 23.1. The number of aliphatic hydroxyl groups is 1. The van der Waals surface area contributed by atoms with Crippen molar-refractivity contribution >= 4 is 17.2 Å². The second-order valence-electron chi connectivity index (χ2n) is 8.71. The molecule has 1 amide bonds. The Morgan fingerprint density at radius 1 is 1.26 bits per heavy atom. The van der Waals surface area contributed by atoms with E-state index in [0.717, 1.165) is 18.5 Å². The minimum absolute atomic E-state index is 0.125. The second-order valence-corrected chi connectivity index (χ2v) is 8.71. The van der Waals surface area contributed by atoms with Crippen molar-refractivity contribution in [3.63, 3.8) is 0 Å². The Morgan fingerprint density at radius 3 is 2.83 bits per heavy atom. The summed E-state index contributed by atoms with van der Waals surface area (Å²) in [6.07, 6.45) is 9.31. The first-order valence-electron chi connectivity index (χ1n) is 11.4. The second kappa shape index (κ2) is 9.46. The van der Waals surface area contributed by atoms with Crippen molar-refractivity contribution in [2.45, 2.75) is 44.4 Å². The highest BCUT2D eigenvalue weighted by Crippen LogP contribution is 2.40. The Bertz CT molecular complexity index is 1300. The summed E-state index contributed by atoms with van der Waals surface area (Å²) in [5.74, 6) is 0.188. The number of nitrogens with zero attached hydrogens (tertiary/aromatic N) is 4. The molecule has 1 fully saturated rings. The monoisotopic (exact) mass is 481 g/mol. The van der Waals surface area contributed by atoms with E-state index in [4.69, 9.17) is 4.74 Å². The fourth-order valence-corrected chi connectivity index (χ4v) is 3.91. The molecule has 0 saturated heterocycles. The summed E-state index contributed by atoms with van der Waals surface area (Å²) >= 11 is 0. The lowest BCUT2D eigenvalue weighted by atomic mass is 10.2. The van der Waals surface area contributed by atoms with E-state index in [0.29, 0.717) is 23.0 Å². The van der Waals surface area contributed by atoms with Crippen LogP contribution in [0.5, 0.6) is 5.75 Å². The molecule has 1 unspecified atom stereocenters. The lowest BCUT2D eigenvalue weighted by Gasteiger charge is -2.32. The third kappa shape index (κ3) is 5.02. The molecule has 5 rings (SSSR count). The van der Waals surface area contributed by atoms with Gasteiger partial charge in [-0.05, 0) is 44.1 Å². The highest BCUT2D eigenvalue weighted by molar-refractivity contribution is 6.03. The molecule has 0 radical (unpaired) electrons. The zero-order valence-electron chi connectivity index (χ0n) is 19.0. The number of pyridine rings is 2. The summed E-state index contributed by atoms with van der Waals surface area (Å²) in [7, 11) is 0. The molecule has 3 aromatic rings. The number of carbonyl (C=O) groups excluding carboxylic acids is 1. The van der Waals surface area contributed by atoms with Gasteiger partial charge < -0.3 is 24.5 Å². The number of imidazole rings is 1. The molecule has 35 heavy (non-hydrogen) atoms. The molecule has 8 nitrogen and oxygen atoms in total. The number of hydrogen-bond donors (Lipinski definition) is 2. The van der Waals surface area contributed by atoms with E-state index in [1.807, 2.05) is 23.6 Å². The van der Waals surface area contributed by atoms with Crippen molar-refractivity contribution in [2.24, 2.45) is 0 Å². The van der Waals surface area contributed by atoms with E-state index >= 15 is 0 Å². The first-order valence-corrected chi connectivity index (χ1v) is 11.4. The van der Waals surface area contributed by atoms with Crippen LogP contribution in [0.4, 0.5) is 14.5 Å². The van der Waals surface area contributed by atoms with Crippen LogP contribution in [0.15, 0.2) is 61.1 Å². The molecule has 2 atom stereocenters. The normalized spacial score (nSPS) is 18.3. The third-order valence-electron chi connectivity index (χ3n) is 5.99.